The molecule has 3 aromatic heterocycles. The summed E-state index contributed by atoms with van der Waals surface area (Å²) in [6.45, 7) is 9.25. The van der Waals surface area contributed by atoms with Crippen molar-refractivity contribution in [1.82, 2.24) is 24.3 Å². The lowest BCUT2D eigenvalue weighted by Crippen LogP contribution is -2.32. The third-order valence-corrected chi connectivity index (χ3v) is 4.48. The minimum atomic E-state index is 0.00268. The quantitative estimate of drug-likeness (QED) is 0.728. The Labute approximate surface area is 142 Å². The number of fused-ring (bicyclic) bond motifs is 2. The van der Waals surface area contributed by atoms with E-state index in [0.29, 0.717) is 0 Å². The molecule has 4 heterocycles. The largest absolute Gasteiger partial charge is 0.307 e. The molecule has 24 heavy (non-hydrogen) atoms. The second-order valence-electron chi connectivity index (χ2n) is 7.57. The van der Waals surface area contributed by atoms with E-state index >= 15 is 0 Å². The van der Waals surface area contributed by atoms with E-state index in [1.807, 2.05) is 30.6 Å². The first kappa shape index (κ1) is 15.3. The van der Waals surface area contributed by atoms with Gasteiger partial charge >= 0.3 is 0 Å². The van der Waals surface area contributed by atoms with Gasteiger partial charge in [-0.2, -0.15) is 0 Å². The molecule has 5 heteroatoms. The summed E-state index contributed by atoms with van der Waals surface area (Å²) in [4.78, 5) is 16.5. The van der Waals surface area contributed by atoms with Crippen LogP contribution in [0.15, 0.2) is 36.8 Å². The van der Waals surface area contributed by atoms with Crippen molar-refractivity contribution in [2.45, 2.75) is 45.7 Å². The van der Waals surface area contributed by atoms with Crippen LogP contribution in [-0.2, 0) is 24.9 Å². The van der Waals surface area contributed by atoms with E-state index in [1.165, 1.54) is 11.3 Å². The molecule has 0 fully saturated rings. The first-order valence-corrected chi connectivity index (χ1v) is 8.49. The summed E-state index contributed by atoms with van der Waals surface area (Å²) < 4.78 is 2.08. The van der Waals surface area contributed by atoms with Gasteiger partial charge in [0.15, 0.2) is 0 Å². The van der Waals surface area contributed by atoms with E-state index in [9.17, 15) is 0 Å². The topological polar surface area (TPSA) is 46.3 Å². The maximum Gasteiger partial charge on any atom is 0.137 e. The van der Waals surface area contributed by atoms with Gasteiger partial charge in [0, 0.05) is 61.3 Å². The van der Waals surface area contributed by atoms with Gasteiger partial charge in [-0.25, -0.2) is 15.0 Å². The van der Waals surface area contributed by atoms with Crippen molar-refractivity contribution in [1.29, 1.82) is 0 Å². The Kier molecular flexibility index (Phi) is 3.61. The molecule has 0 radical (unpaired) electrons. The van der Waals surface area contributed by atoms with Crippen LogP contribution in [0.5, 0.6) is 0 Å². The first-order chi connectivity index (χ1) is 11.5. The predicted octanol–water partition coefficient (Wildman–Crippen LogP) is 2.98. The Morgan fingerprint density at radius 2 is 2.04 bits per heavy atom. The van der Waals surface area contributed by atoms with Crippen molar-refractivity contribution in [3.63, 3.8) is 0 Å². The summed E-state index contributed by atoms with van der Waals surface area (Å²) in [5.41, 5.74) is 4.57. The molecule has 0 unspecified atom stereocenters. The molecule has 3 aromatic rings. The maximum absolute atomic E-state index is 4.80. The fourth-order valence-electron chi connectivity index (χ4n) is 3.16. The van der Waals surface area contributed by atoms with Gasteiger partial charge in [0.1, 0.15) is 11.5 Å². The number of pyridine rings is 1. The Balaban J connectivity index is 1.52. The minimum absolute atomic E-state index is 0.00268. The van der Waals surface area contributed by atoms with Gasteiger partial charge < -0.3 is 4.40 Å². The van der Waals surface area contributed by atoms with Crippen molar-refractivity contribution in [3.05, 3.63) is 59.6 Å². The third-order valence-electron chi connectivity index (χ3n) is 4.48. The predicted molar refractivity (Wildman–Crippen MR) is 93.7 cm³/mol. The molecule has 0 aliphatic carbocycles. The van der Waals surface area contributed by atoms with Crippen LogP contribution in [0.3, 0.4) is 0 Å². The fourth-order valence-corrected chi connectivity index (χ4v) is 3.16. The summed E-state index contributed by atoms with van der Waals surface area (Å²) in [6, 6.07) is 6.09. The van der Waals surface area contributed by atoms with Gasteiger partial charge in [-0.05, 0) is 12.1 Å². The van der Waals surface area contributed by atoms with Crippen LogP contribution in [0.1, 0.15) is 43.5 Å². The summed E-state index contributed by atoms with van der Waals surface area (Å²) in [7, 11) is 0. The summed E-state index contributed by atoms with van der Waals surface area (Å²) >= 11 is 0. The van der Waals surface area contributed by atoms with Gasteiger partial charge in [0.25, 0.3) is 0 Å². The van der Waals surface area contributed by atoms with E-state index in [1.54, 1.807) is 0 Å². The lowest BCUT2D eigenvalue weighted by atomic mass is 9.95. The van der Waals surface area contributed by atoms with Crippen LogP contribution in [0.25, 0.3) is 5.65 Å². The second kappa shape index (κ2) is 5.67. The summed E-state index contributed by atoms with van der Waals surface area (Å²) in [6.07, 6.45) is 7.15. The number of imidazole rings is 1. The maximum atomic E-state index is 4.80. The Bertz CT molecular complexity index is 842. The molecule has 0 spiro atoms. The van der Waals surface area contributed by atoms with E-state index in [4.69, 9.17) is 9.97 Å². The molecule has 124 valence electrons. The van der Waals surface area contributed by atoms with Crippen LogP contribution in [0.4, 0.5) is 0 Å². The van der Waals surface area contributed by atoms with Crippen LogP contribution in [0, 0.1) is 0 Å². The second-order valence-corrected chi connectivity index (χ2v) is 7.57. The van der Waals surface area contributed by atoms with Crippen molar-refractivity contribution in [3.8, 4) is 0 Å². The van der Waals surface area contributed by atoms with E-state index in [2.05, 4.69) is 41.3 Å². The molecule has 1 aliphatic rings. The zero-order chi connectivity index (χ0) is 16.7. The average molecular weight is 321 g/mol. The molecule has 0 bridgehead atoms. The molecule has 0 amide bonds. The zero-order valence-corrected chi connectivity index (χ0v) is 14.5. The summed E-state index contributed by atoms with van der Waals surface area (Å²) in [5.74, 6) is 0.940. The van der Waals surface area contributed by atoms with Gasteiger partial charge in [0.05, 0.1) is 5.69 Å². The highest BCUT2D eigenvalue weighted by Gasteiger charge is 2.23. The highest BCUT2D eigenvalue weighted by molar-refractivity contribution is 5.39. The number of nitrogens with zero attached hydrogens (tertiary/aromatic N) is 5. The van der Waals surface area contributed by atoms with Gasteiger partial charge in [-0.3, -0.25) is 4.90 Å². The van der Waals surface area contributed by atoms with Crippen LogP contribution in [0.2, 0.25) is 0 Å². The van der Waals surface area contributed by atoms with Crippen molar-refractivity contribution in [2.75, 3.05) is 6.54 Å². The van der Waals surface area contributed by atoms with E-state index in [-0.39, 0.29) is 5.41 Å². The average Bonchev–Trinajstić information content (AvgIpc) is 2.95. The Morgan fingerprint density at radius 3 is 2.83 bits per heavy atom. The molecule has 0 saturated heterocycles. The van der Waals surface area contributed by atoms with Crippen molar-refractivity contribution < 1.29 is 0 Å². The Hall–Kier alpha value is -2.27. The normalized spacial score (nSPS) is 15.6. The van der Waals surface area contributed by atoms with Crippen molar-refractivity contribution >= 4 is 5.65 Å². The standard InChI is InChI=1S/C19H23N5/c1-19(2,3)18-20-10-14-11-23(9-7-16(14)22-18)12-15-13-24-8-5-4-6-17(24)21-15/h4-6,8,10,13H,7,9,11-12H2,1-3H3. The van der Waals surface area contributed by atoms with Crippen LogP contribution in [-0.4, -0.2) is 30.8 Å². The van der Waals surface area contributed by atoms with Gasteiger partial charge in [-0.15, -0.1) is 0 Å². The van der Waals surface area contributed by atoms with Crippen molar-refractivity contribution in [2.24, 2.45) is 0 Å². The number of rotatable bonds is 2. The molecule has 5 nitrogen and oxygen atoms in total. The lowest BCUT2D eigenvalue weighted by Gasteiger charge is -2.28. The SMILES string of the molecule is CC(C)(C)c1ncc2c(n1)CCN(Cc1cn3ccccc3n1)C2. The third kappa shape index (κ3) is 2.91. The molecule has 0 saturated carbocycles. The molecule has 1 aliphatic heterocycles. The van der Waals surface area contributed by atoms with E-state index < -0.39 is 0 Å². The highest BCUT2D eigenvalue weighted by atomic mass is 15.2. The fraction of sp³-hybridized carbons (Fsp3) is 0.421. The van der Waals surface area contributed by atoms with E-state index in [0.717, 1.165) is 43.2 Å². The Morgan fingerprint density at radius 1 is 1.17 bits per heavy atom. The van der Waals surface area contributed by atoms with Gasteiger partial charge in [0.2, 0.25) is 0 Å². The van der Waals surface area contributed by atoms with Crippen LogP contribution >= 0.6 is 0 Å². The monoisotopic (exact) mass is 321 g/mol. The molecule has 0 atom stereocenters. The van der Waals surface area contributed by atoms with Crippen LogP contribution < -0.4 is 0 Å². The minimum Gasteiger partial charge on any atom is -0.307 e. The molecule has 0 N–H and O–H groups in total. The molecule has 4 rings (SSSR count). The molecular formula is C19H23N5. The molecular weight excluding hydrogens is 298 g/mol. The first-order valence-electron chi connectivity index (χ1n) is 8.49. The number of hydrogen-bond acceptors (Lipinski definition) is 4. The van der Waals surface area contributed by atoms with Gasteiger partial charge in [-0.1, -0.05) is 26.8 Å². The lowest BCUT2D eigenvalue weighted by molar-refractivity contribution is 0.239. The number of hydrogen-bond donors (Lipinski definition) is 0. The zero-order valence-electron chi connectivity index (χ0n) is 14.5. The molecule has 0 aromatic carbocycles. The summed E-state index contributed by atoms with van der Waals surface area (Å²) in [5, 5.41) is 0. The number of aromatic nitrogens is 4. The highest BCUT2D eigenvalue weighted by Crippen LogP contribution is 2.23. The smallest absolute Gasteiger partial charge is 0.137 e.